The van der Waals surface area contributed by atoms with Gasteiger partial charge in [0.15, 0.2) is 0 Å². The van der Waals surface area contributed by atoms with E-state index in [0.717, 1.165) is 17.3 Å². The van der Waals surface area contributed by atoms with Crippen LogP contribution in [0.25, 0.3) is 0 Å². The van der Waals surface area contributed by atoms with Crippen LogP contribution in [0.15, 0.2) is 24.3 Å². The van der Waals surface area contributed by atoms with Gasteiger partial charge in [0.2, 0.25) is 0 Å². The van der Waals surface area contributed by atoms with E-state index in [1.54, 1.807) is 7.11 Å². The van der Waals surface area contributed by atoms with Crippen molar-refractivity contribution in [2.75, 3.05) is 12.9 Å². The average Bonchev–Trinajstić information content (AvgIpc) is 2.16. The number of hydrogen-bond acceptors (Lipinski definition) is 3. The van der Waals surface area contributed by atoms with Crippen molar-refractivity contribution in [1.82, 2.24) is 0 Å². The van der Waals surface area contributed by atoms with Crippen molar-refractivity contribution in [2.45, 2.75) is 25.1 Å². The standard InChI is InChI=1S/C12H19NOS/c1-12(2,13)9-15-8-10-5-4-6-11(7-10)14-3/h4-7H,8-9,13H2,1-3H3. The molecule has 15 heavy (non-hydrogen) atoms. The summed E-state index contributed by atoms with van der Waals surface area (Å²) in [6.45, 7) is 4.09. The van der Waals surface area contributed by atoms with E-state index in [1.165, 1.54) is 5.56 Å². The van der Waals surface area contributed by atoms with Gasteiger partial charge in [-0.15, -0.1) is 0 Å². The maximum atomic E-state index is 5.91. The van der Waals surface area contributed by atoms with Crippen LogP contribution in [0.2, 0.25) is 0 Å². The molecule has 0 aliphatic carbocycles. The summed E-state index contributed by atoms with van der Waals surface area (Å²) in [5.74, 6) is 2.86. The monoisotopic (exact) mass is 225 g/mol. The van der Waals surface area contributed by atoms with E-state index in [4.69, 9.17) is 10.5 Å². The first-order valence-electron chi connectivity index (χ1n) is 5.01. The van der Waals surface area contributed by atoms with Gasteiger partial charge < -0.3 is 10.5 Å². The summed E-state index contributed by atoms with van der Waals surface area (Å²) in [5, 5.41) is 0. The van der Waals surface area contributed by atoms with E-state index in [9.17, 15) is 0 Å². The third kappa shape index (κ3) is 5.09. The van der Waals surface area contributed by atoms with Gasteiger partial charge in [0.05, 0.1) is 7.11 Å². The molecule has 0 spiro atoms. The van der Waals surface area contributed by atoms with Crippen LogP contribution in [-0.2, 0) is 5.75 Å². The van der Waals surface area contributed by atoms with Crippen LogP contribution >= 0.6 is 11.8 Å². The summed E-state index contributed by atoms with van der Waals surface area (Å²) in [6.07, 6.45) is 0. The van der Waals surface area contributed by atoms with E-state index < -0.39 is 0 Å². The average molecular weight is 225 g/mol. The van der Waals surface area contributed by atoms with Crippen molar-refractivity contribution in [3.63, 3.8) is 0 Å². The van der Waals surface area contributed by atoms with Gasteiger partial charge in [-0.3, -0.25) is 0 Å². The maximum absolute atomic E-state index is 5.91. The number of benzene rings is 1. The zero-order chi connectivity index (χ0) is 11.3. The summed E-state index contributed by atoms with van der Waals surface area (Å²) in [6, 6.07) is 8.15. The molecule has 0 radical (unpaired) electrons. The molecule has 1 rings (SSSR count). The summed E-state index contributed by atoms with van der Waals surface area (Å²) < 4.78 is 5.17. The second-order valence-electron chi connectivity index (χ2n) is 4.33. The summed E-state index contributed by atoms with van der Waals surface area (Å²) in [4.78, 5) is 0. The Bertz CT molecular complexity index is 307. The molecule has 0 bridgehead atoms. The number of ether oxygens (including phenoxy) is 1. The molecular weight excluding hydrogens is 206 g/mol. The molecule has 1 aromatic rings. The number of methoxy groups -OCH3 is 1. The smallest absolute Gasteiger partial charge is 0.119 e. The highest BCUT2D eigenvalue weighted by Crippen LogP contribution is 2.19. The Morgan fingerprint density at radius 1 is 1.40 bits per heavy atom. The predicted molar refractivity (Wildman–Crippen MR) is 67.4 cm³/mol. The van der Waals surface area contributed by atoms with Crippen LogP contribution in [0, 0.1) is 0 Å². The number of rotatable bonds is 5. The van der Waals surface area contributed by atoms with Crippen molar-refractivity contribution < 1.29 is 4.74 Å². The third-order valence-electron chi connectivity index (χ3n) is 1.88. The Balaban J connectivity index is 2.44. The van der Waals surface area contributed by atoms with Gasteiger partial charge in [0.25, 0.3) is 0 Å². The van der Waals surface area contributed by atoms with Gasteiger partial charge in [-0.1, -0.05) is 12.1 Å². The second kappa shape index (κ2) is 5.42. The molecule has 0 saturated heterocycles. The highest BCUT2D eigenvalue weighted by Gasteiger charge is 2.10. The van der Waals surface area contributed by atoms with Gasteiger partial charge >= 0.3 is 0 Å². The van der Waals surface area contributed by atoms with E-state index in [0.29, 0.717) is 0 Å². The lowest BCUT2D eigenvalue weighted by Crippen LogP contribution is -2.34. The lowest BCUT2D eigenvalue weighted by Gasteiger charge is -2.17. The molecule has 2 N–H and O–H groups in total. The molecule has 0 atom stereocenters. The molecule has 2 nitrogen and oxygen atoms in total. The van der Waals surface area contributed by atoms with Crippen LogP contribution in [0.5, 0.6) is 5.75 Å². The van der Waals surface area contributed by atoms with E-state index in [1.807, 2.05) is 37.7 Å². The largest absolute Gasteiger partial charge is 0.497 e. The van der Waals surface area contributed by atoms with Gasteiger partial charge in [0, 0.05) is 17.0 Å². The van der Waals surface area contributed by atoms with Crippen LogP contribution in [0.1, 0.15) is 19.4 Å². The lowest BCUT2D eigenvalue weighted by molar-refractivity contribution is 0.414. The molecule has 3 heteroatoms. The quantitative estimate of drug-likeness (QED) is 0.836. The Morgan fingerprint density at radius 3 is 2.73 bits per heavy atom. The molecule has 0 fully saturated rings. The molecular formula is C12H19NOS. The Morgan fingerprint density at radius 2 is 2.13 bits per heavy atom. The van der Waals surface area contributed by atoms with E-state index in [-0.39, 0.29) is 5.54 Å². The first-order chi connectivity index (χ1) is 7.01. The Kier molecular flexibility index (Phi) is 4.48. The topological polar surface area (TPSA) is 35.2 Å². The molecule has 0 aliphatic heterocycles. The first kappa shape index (κ1) is 12.4. The number of nitrogens with two attached hydrogens (primary N) is 1. The molecule has 0 saturated carbocycles. The maximum Gasteiger partial charge on any atom is 0.119 e. The van der Waals surface area contributed by atoms with Gasteiger partial charge in [-0.05, 0) is 31.5 Å². The molecule has 1 aromatic carbocycles. The highest BCUT2D eigenvalue weighted by molar-refractivity contribution is 7.98. The van der Waals surface area contributed by atoms with Gasteiger partial charge in [-0.2, -0.15) is 11.8 Å². The van der Waals surface area contributed by atoms with Gasteiger partial charge in [0.1, 0.15) is 5.75 Å². The van der Waals surface area contributed by atoms with Crippen molar-refractivity contribution in [3.8, 4) is 5.75 Å². The van der Waals surface area contributed by atoms with Crippen LogP contribution in [0.4, 0.5) is 0 Å². The molecule has 84 valence electrons. The summed E-state index contributed by atoms with van der Waals surface area (Å²) in [7, 11) is 1.69. The number of hydrogen-bond donors (Lipinski definition) is 1. The van der Waals surface area contributed by atoms with Crippen molar-refractivity contribution in [2.24, 2.45) is 5.73 Å². The SMILES string of the molecule is COc1cccc(CSCC(C)(C)N)c1. The summed E-state index contributed by atoms with van der Waals surface area (Å²) >= 11 is 1.85. The minimum Gasteiger partial charge on any atom is -0.497 e. The van der Waals surface area contributed by atoms with Gasteiger partial charge in [-0.25, -0.2) is 0 Å². The Labute approximate surface area is 96.2 Å². The lowest BCUT2D eigenvalue weighted by atomic mass is 10.1. The normalized spacial score (nSPS) is 11.5. The fraction of sp³-hybridized carbons (Fsp3) is 0.500. The molecule has 0 aromatic heterocycles. The second-order valence-corrected chi connectivity index (χ2v) is 5.32. The van der Waals surface area contributed by atoms with Crippen molar-refractivity contribution in [1.29, 1.82) is 0 Å². The first-order valence-corrected chi connectivity index (χ1v) is 6.16. The van der Waals surface area contributed by atoms with Crippen LogP contribution < -0.4 is 10.5 Å². The minimum absolute atomic E-state index is 0.0937. The molecule has 0 amide bonds. The predicted octanol–water partition coefficient (Wildman–Crippen LogP) is 2.67. The zero-order valence-electron chi connectivity index (χ0n) is 9.62. The van der Waals surface area contributed by atoms with E-state index in [2.05, 4.69) is 12.1 Å². The summed E-state index contributed by atoms with van der Waals surface area (Å²) in [5.41, 5.74) is 7.10. The highest BCUT2D eigenvalue weighted by atomic mass is 32.2. The van der Waals surface area contributed by atoms with Crippen molar-refractivity contribution in [3.05, 3.63) is 29.8 Å². The van der Waals surface area contributed by atoms with Crippen LogP contribution in [-0.4, -0.2) is 18.4 Å². The minimum atomic E-state index is -0.0937. The third-order valence-corrected chi connectivity index (χ3v) is 3.36. The van der Waals surface area contributed by atoms with Crippen LogP contribution in [0.3, 0.4) is 0 Å². The molecule has 0 unspecified atom stereocenters. The fourth-order valence-electron chi connectivity index (χ4n) is 1.19. The molecule has 0 heterocycles. The Hall–Kier alpha value is -0.670. The van der Waals surface area contributed by atoms with E-state index >= 15 is 0 Å². The number of thioether (sulfide) groups is 1. The fourth-order valence-corrected chi connectivity index (χ4v) is 2.24. The molecule has 0 aliphatic rings. The zero-order valence-corrected chi connectivity index (χ0v) is 10.4. The van der Waals surface area contributed by atoms with Crippen molar-refractivity contribution >= 4 is 11.8 Å².